The fourth-order valence-electron chi connectivity index (χ4n) is 2.80. The maximum atomic E-state index is 9.61. The first-order valence-corrected chi connectivity index (χ1v) is 6.84. The summed E-state index contributed by atoms with van der Waals surface area (Å²) in [7, 11) is 0. The van der Waals surface area contributed by atoms with E-state index in [9.17, 15) is 5.11 Å². The third-order valence-corrected chi connectivity index (χ3v) is 4.26. The Bertz CT molecular complexity index is 353. The molecule has 96 valence electrons. The highest BCUT2D eigenvalue weighted by Crippen LogP contribution is 2.40. The van der Waals surface area contributed by atoms with Crippen molar-refractivity contribution in [3.8, 4) is 0 Å². The molecule has 0 amide bonds. The molecule has 17 heavy (non-hydrogen) atoms. The molecule has 0 bridgehead atoms. The second-order valence-electron chi connectivity index (χ2n) is 5.59. The number of aromatic nitrogens is 2. The van der Waals surface area contributed by atoms with E-state index in [2.05, 4.69) is 35.9 Å². The van der Waals surface area contributed by atoms with Crippen LogP contribution in [0.1, 0.15) is 57.7 Å². The van der Waals surface area contributed by atoms with Gasteiger partial charge < -0.3 is 5.11 Å². The van der Waals surface area contributed by atoms with Crippen LogP contribution in [0.3, 0.4) is 0 Å². The van der Waals surface area contributed by atoms with Gasteiger partial charge in [0.25, 0.3) is 0 Å². The van der Waals surface area contributed by atoms with Gasteiger partial charge in [-0.3, -0.25) is 4.68 Å². The predicted molar refractivity (Wildman–Crippen MR) is 68.9 cm³/mol. The highest BCUT2D eigenvalue weighted by molar-refractivity contribution is 5.05. The summed E-state index contributed by atoms with van der Waals surface area (Å²) in [5.41, 5.74) is 1.26. The van der Waals surface area contributed by atoms with Gasteiger partial charge in [-0.25, -0.2) is 0 Å². The van der Waals surface area contributed by atoms with Gasteiger partial charge in [0.2, 0.25) is 0 Å². The zero-order valence-electron chi connectivity index (χ0n) is 11.0. The largest absolute Gasteiger partial charge is 0.396 e. The fraction of sp³-hybridized carbons (Fsp3) is 0.786. The van der Waals surface area contributed by atoms with Crippen LogP contribution in [0, 0.1) is 5.41 Å². The minimum atomic E-state index is 0.120. The lowest BCUT2D eigenvalue weighted by molar-refractivity contribution is 0.129. The van der Waals surface area contributed by atoms with Gasteiger partial charge in [-0.15, -0.1) is 0 Å². The van der Waals surface area contributed by atoms with Crippen LogP contribution in [0.25, 0.3) is 0 Å². The van der Waals surface area contributed by atoms with Crippen molar-refractivity contribution in [2.45, 2.75) is 58.4 Å². The molecule has 1 aromatic heterocycles. The zero-order valence-corrected chi connectivity index (χ0v) is 11.0. The van der Waals surface area contributed by atoms with Crippen LogP contribution in [0.2, 0.25) is 0 Å². The molecule has 1 heterocycles. The molecule has 0 saturated heterocycles. The first kappa shape index (κ1) is 12.6. The summed E-state index contributed by atoms with van der Waals surface area (Å²) < 4.78 is 2.05. The highest BCUT2D eigenvalue weighted by Gasteiger charge is 2.33. The van der Waals surface area contributed by atoms with Crippen LogP contribution < -0.4 is 0 Å². The SMILES string of the molecule is CCC(C)n1ccc(CC2(CO)CCCC2)n1. The zero-order chi connectivity index (χ0) is 12.3. The summed E-state index contributed by atoms with van der Waals surface area (Å²) >= 11 is 0. The number of hydrogen-bond acceptors (Lipinski definition) is 2. The Labute approximate surface area is 104 Å². The fourth-order valence-corrected chi connectivity index (χ4v) is 2.80. The predicted octanol–water partition coefficient (Wildman–Crippen LogP) is 2.95. The molecule has 1 N–H and O–H groups in total. The summed E-state index contributed by atoms with van der Waals surface area (Å²) in [4.78, 5) is 0. The maximum absolute atomic E-state index is 9.61. The van der Waals surface area contributed by atoms with Crippen molar-refractivity contribution in [1.82, 2.24) is 9.78 Å². The third-order valence-electron chi connectivity index (χ3n) is 4.26. The molecule has 2 rings (SSSR count). The van der Waals surface area contributed by atoms with E-state index in [4.69, 9.17) is 0 Å². The van der Waals surface area contributed by atoms with E-state index in [1.807, 2.05) is 0 Å². The average Bonchev–Trinajstić information content (AvgIpc) is 2.98. The van der Waals surface area contributed by atoms with Crippen LogP contribution in [0.15, 0.2) is 12.3 Å². The summed E-state index contributed by atoms with van der Waals surface area (Å²) in [6.07, 6.45) is 8.93. The number of aliphatic hydroxyl groups excluding tert-OH is 1. The van der Waals surface area contributed by atoms with Crippen LogP contribution in [0.4, 0.5) is 0 Å². The Morgan fingerprint density at radius 3 is 2.76 bits per heavy atom. The van der Waals surface area contributed by atoms with E-state index in [0.717, 1.165) is 31.4 Å². The Hall–Kier alpha value is -0.830. The van der Waals surface area contributed by atoms with Gasteiger partial charge in [-0.05, 0) is 44.1 Å². The van der Waals surface area contributed by atoms with Crippen molar-refractivity contribution in [3.05, 3.63) is 18.0 Å². The van der Waals surface area contributed by atoms with E-state index >= 15 is 0 Å². The lowest BCUT2D eigenvalue weighted by Gasteiger charge is -2.25. The Morgan fingerprint density at radius 1 is 1.47 bits per heavy atom. The standard InChI is InChI=1S/C14H24N2O/c1-3-12(2)16-9-6-13(15-16)10-14(11-17)7-4-5-8-14/h6,9,12,17H,3-5,7-8,10-11H2,1-2H3. The van der Waals surface area contributed by atoms with E-state index < -0.39 is 0 Å². The average molecular weight is 236 g/mol. The van der Waals surface area contributed by atoms with Gasteiger partial charge in [0, 0.05) is 18.8 Å². The van der Waals surface area contributed by atoms with Gasteiger partial charge in [-0.1, -0.05) is 19.8 Å². The second kappa shape index (κ2) is 5.21. The van der Waals surface area contributed by atoms with Crippen molar-refractivity contribution >= 4 is 0 Å². The molecule has 1 aliphatic rings. The number of nitrogens with zero attached hydrogens (tertiary/aromatic N) is 2. The Morgan fingerprint density at radius 2 is 2.18 bits per heavy atom. The second-order valence-corrected chi connectivity index (χ2v) is 5.59. The molecule has 1 aromatic rings. The lowest BCUT2D eigenvalue weighted by atomic mass is 9.82. The Kier molecular flexibility index (Phi) is 3.87. The minimum Gasteiger partial charge on any atom is -0.396 e. The van der Waals surface area contributed by atoms with Crippen LogP contribution >= 0.6 is 0 Å². The molecule has 1 unspecified atom stereocenters. The monoisotopic (exact) mass is 236 g/mol. The third kappa shape index (κ3) is 2.71. The van der Waals surface area contributed by atoms with Crippen molar-refractivity contribution in [1.29, 1.82) is 0 Å². The molecule has 0 aliphatic heterocycles. The van der Waals surface area contributed by atoms with Gasteiger partial charge >= 0.3 is 0 Å². The molecule has 0 radical (unpaired) electrons. The van der Waals surface area contributed by atoms with E-state index in [-0.39, 0.29) is 5.41 Å². The van der Waals surface area contributed by atoms with Crippen molar-refractivity contribution < 1.29 is 5.11 Å². The smallest absolute Gasteiger partial charge is 0.0631 e. The van der Waals surface area contributed by atoms with Gasteiger partial charge in [0.15, 0.2) is 0 Å². The van der Waals surface area contributed by atoms with E-state index in [1.54, 1.807) is 0 Å². The molecule has 0 spiro atoms. The Balaban J connectivity index is 2.05. The highest BCUT2D eigenvalue weighted by atomic mass is 16.3. The van der Waals surface area contributed by atoms with E-state index in [0.29, 0.717) is 12.6 Å². The van der Waals surface area contributed by atoms with Crippen molar-refractivity contribution in [3.63, 3.8) is 0 Å². The van der Waals surface area contributed by atoms with Gasteiger partial charge in [0.05, 0.1) is 5.69 Å². The van der Waals surface area contributed by atoms with Crippen molar-refractivity contribution in [2.24, 2.45) is 5.41 Å². The quantitative estimate of drug-likeness (QED) is 0.853. The minimum absolute atomic E-state index is 0.120. The summed E-state index contributed by atoms with van der Waals surface area (Å²) in [6.45, 7) is 4.68. The van der Waals surface area contributed by atoms with Crippen molar-refractivity contribution in [2.75, 3.05) is 6.61 Å². The lowest BCUT2D eigenvalue weighted by Crippen LogP contribution is -2.24. The molecule has 1 saturated carbocycles. The molecule has 1 fully saturated rings. The summed E-state index contributed by atoms with van der Waals surface area (Å²) in [6, 6.07) is 2.58. The molecule has 3 heteroatoms. The van der Waals surface area contributed by atoms with Gasteiger partial charge in [-0.2, -0.15) is 5.10 Å². The van der Waals surface area contributed by atoms with Gasteiger partial charge in [0.1, 0.15) is 0 Å². The number of aliphatic hydroxyl groups is 1. The summed E-state index contributed by atoms with van der Waals surface area (Å²) in [5, 5.41) is 14.2. The van der Waals surface area contributed by atoms with Crippen LogP contribution in [0.5, 0.6) is 0 Å². The number of hydrogen-bond donors (Lipinski definition) is 1. The summed E-state index contributed by atoms with van der Waals surface area (Å²) in [5.74, 6) is 0. The molecular formula is C14H24N2O. The molecule has 3 nitrogen and oxygen atoms in total. The normalized spacial score (nSPS) is 20.6. The van der Waals surface area contributed by atoms with Crippen LogP contribution in [-0.2, 0) is 6.42 Å². The molecular weight excluding hydrogens is 212 g/mol. The van der Waals surface area contributed by atoms with E-state index in [1.165, 1.54) is 12.8 Å². The van der Waals surface area contributed by atoms with Crippen LogP contribution in [-0.4, -0.2) is 21.5 Å². The first-order valence-electron chi connectivity index (χ1n) is 6.84. The maximum Gasteiger partial charge on any atom is 0.0631 e. The first-order chi connectivity index (χ1) is 8.19. The molecule has 0 aromatic carbocycles. The molecule has 1 aliphatic carbocycles. The molecule has 1 atom stereocenters. The number of rotatable bonds is 5. The topological polar surface area (TPSA) is 38.0 Å².